The van der Waals surface area contributed by atoms with Crippen LogP contribution in [0, 0.1) is 0 Å². The summed E-state index contributed by atoms with van der Waals surface area (Å²) in [6.07, 6.45) is 0.851. The van der Waals surface area contributed by atoms with Crippen LogP contribution in [0.2, 0.25) is 5.02 Å². The monoisotopic (exact) mass is 439 g/mol. The number of ether oxygens (including phenoxy) is 1. The molecule has 0 saturated carbocycles. The molecule has 0 spiro atoms. The summed E-state index contributed by atoms with van der Waals surface area (Å²) in [7, 11) is 0. The summed E-state index contributed by atoms with van der Waals surface area (Å²) in [6, 6.07) is 11.8. The molecule has 2 N–H and O–H groups in total. The Morgan fingerprint density at radius 2 is 1.90 bits per heavy atom. The summed E-state index contributed by atoms with van der Waals surface area (Å²) < 4.78 is 6.07. The lowest BCUT2D eigenvalue weighted by Crippen LogP contribution is -2.49. The van der Waals surface area contributed by atoms with Crippen molar-refractivity contribution in [2.24, 2.45) is 0 Å². The smallest absolute Gasteiger partial charge is 0.274 e. The van der Waals surface area contributed by atoms with E-state index in [0.717, 1.165) is 71.9 Å². The highest BCUT2D eigenvalue weighted by Gasteiger charge is 2.28. The maximum atomic E-state index is 13.0. The van der Waals surface area contributed by atoms with Crippen LogP contribution in [0.1, 0.15) is 21.7 Å². The van der Waals surface area contributed by atoms with Crippen molar-refractivity contribution in [1.29, 1.82) is 0 Å². The Hall–Kier alpha value is -2.61. The second kappa shape index (κ2) is 8.86. The minimum atomic E-state index is 0.0444. The molecule has 0 bridgehead atoms. The fourth-order valence-corrected chi connectivity index (χ4v) is 4.62. The molecule has 0 atom stereocenters. The van der Waals surface area contributed by atoms with Crippen LogP contribution in [0.5, 0.6) is 5.75 Å². The molecule has 2 aromatic carbocycles. The molecule has 1 amide bonds. The lowest BCUT2D eigenvalue weighted by molar-refractivity contribution is 0.0614. The number of nitrogens with zero attached hydrogens (tertiary/aromatic N) is 3. The van der Waals surface area contributed by atoms with Crippen molar-refractivity contribution in [1.82, 2.24) is 25.3 Å². The van der Waals surface area contributed by atoms with Gasteiger partial charge >= 0.3 is 0 Å². The number of carbonyl (C=O) groups excluding carboxylic acids is 1. The summed E-state index contributed by atoms with van der Waals surface area (Å²) in [4.78, 5) is 17.2. The fourth-order valence-electron chi connectivity index (χ4n) is 4.39. The van der Waals surface area contributed by atoms with E-state index in [1.165, 1.54) is 0 Å². The largest absolute Gasteiger partial charge is 0.492 e. The number of hydrogen-bond acceptors (Lipinski definition) is 5. The van der Waals surface area contributed by atoms with Crippen molar-refractivity contribution in [2.45, 2.75) is 13.0 Å². The van der Waals surface area contributed by atoms with E-state index < -0.39 is 0 Å². The quantitative estimate of drug-likeness (QED) is 0.639. The third-order valence-corrected chi connectivity index (χ3v) is 6.49. The van der Waals surface area contributed by atoms with E-state index in [-0.39, 0.29) is 5.91 Å². The standard InChI is InChI=1S/C23H26ClN5O2/c24-19-5-6-21(17-4-2-1-3-16(17)19)31-14-13-28-9-11-29(12-10-28)23(30)22-18-7-8-25-15-20(18)26-27-22/h1-6,25H,7-15H2,(H,26,27). The number of aromatic amines is 1. The van der Waals surface area contributed by atoms with E-state index in [9.17, 15) is 4.79 Å². The second-order valence-corrected chi connectivity index (χ2v) is 8.44. The van der Waals surface area contributed by atoms with Gasteiger partial charge in [0.1, 0.15) is 12.4 Å². The highest BCUT2D eigenvalue weighted by atomic mass is 35.5. The predicted molar refractivity (Wildman–Crippen MR) is 121 cm³/mol. The molecule has 0 aliphatic carbocycles. The fraction of sp³-hybridized carbons (Fsp3) is 0.391. The number of carbonyl (C=O) groups is 1. The zero-order valence-corrected chi connectivity index (χ0v) is 18.1. The normalized spacial score (nSPS) is 17.0. The summed E-state index contributed by atoms with van der Waals surface area (Å²) in [5.74, 6) is 0.898. The first kappa shape index (κ1) is 20.3. The SMILES string of the molecule is O=C(c1n[nH]c2c1CCNC2)N1CCN(CCOc2ccc(Cl)c3ccccc23)CC1. The Morgan fingerprint density at radius 1 is 1.10 bits per heavy atom. The van der Waals surface area contributed by atoms with Crippen LogP contribution in [0.15, 0.2) is 36.4 Å². The Balaban J connectivity index is 1.14. The third kappa shape index (κ3) is 4.13. The first-order chi connectivity index (χ1) is 15.2. The average Bonchev–Trinajstić information content (AvgIpc) is 3.25. The van der Waals surface area contributed by atoms with Gasteiger partial charge in [-0.15, -0.1) is 0 Å². The predicted octanol–water partition coefficient (Wildman–Crippen LogP) is 2.70. The number of aromatic nitrogens is 2. The van der Waals surface area contributed by atoms with Gasteiger partial charge < -0.3 is 15.0 Å². The van der Waals surface area contributed by atoms with E-state index in [0.29, 0.717) is 25.4 Å². The minimum Gasteiger partial charge on any atom is -0.492 e. The van der Waals surface area contributed by atoms with Crippen molar-refractivity contribution in [3.8, 4) is 5.75 Å². The van der Waals surface area contributed by atoms with Crippen molar-refractivity contribution < 1.29 is 9.53 Å². The molecular formula is C23H26ClN5O2. The molecule has 3 aromatic rings. The van der Waals surface area contributed by atoms with Crippen LogP contribution in [0.4, 0.5) is 0 Å². The number of benzene rings is 2. The van der Waals surface area contributed by atoms with Gasteiger partial charge in [0.2, 0.25) is 0 Å². The lowest BCUT2D eigenvalue weighted by atomic mass is 10.1. The molecule has 1 fully saturated rings. The van der Waals surface area contributed by atoms with Gasteiger partial charge in [-0.2, -0.15) is 5.10 Å². The number of piperazine rings is 1. The maximum absolute atomic E-state index is 13.0. The van der Waals surface area contributed by atoms with Gasteiger partial charge in [0.15, 0.2) is 5.69 Å². The van der Waals surface area contributed by atoms with Crippen LogP contribution in [-0.2, 0) is 13.0 Å². The lowest BCUT2D eigenvalue weighted by Gasteiger charge is -2.34. The summed E-state index contributed by atoms with van der Waals surface area (Å²) in [5.41, 5.74) is 2.72. The number of rotatable bonds is 5. The molecule has 0 unspecified atom stereocenters. The first-order valence-corrected chi connectivity index (χ1v) is 11.2. The molecule has 7 nitrogen and oxygen atoms in total. The highest BCUT2D eigenvalue weighted by molar-refractivity contribution is 6.35. The van der Waals surface area contributed by atoms with Gasteiger partial charge in [0.25, 0.3) is 5.91 Å². The summed E-state index contributed by atoms with van der Waals surface area (Å²) >= 11 is 6.29. The molecule has 8 heteroatoms. The number of hydrogen-bond donors (Lipinski definition) is 2. The second-order valence-electron chi connectivity index (χ2n) is 8.03. The molecule has 1 aromatic heterocycles. The summed E-state index contributed by atoms with van der Waals surface area (Å²) in [5, 5.41) is 13.4. The third-order valence-electron chi connectivity index (χ3n) is 6.16. The van der Waals surface area contributed by atoms with Crippen molar-refractivity contribution in [3.63, 3.8) is 0 Å². The molecule has 2 aliphatic rings. The van der Waals surface area contributed by atoms with E-state index >= 15 is 0 Å². The number of halogens is 1. The van der Waals surface area contributed by atoms with Gasteiger partial charge in [-0.1, -0.05) is 35.9 Å². The molecule has 31 heavy (non-hydrogen) atoms. The van der Waals surface area contributed by atoms with E-state index in [4.69, 9.17) is 16.3 Å². The molecule has 162 valence electrons. The van der Waals surface area contributed by atoms with E-state index in [2.05, 4.69) is 20.4 Å². The highest BCUT2D eigenvalue weighted by Crippen LogP contribution is 2.31. The minimum absolute atomic E-state index is 0.0444. The summed E-state index contributed by atoms with van der Waals surface area (Å²) in [6.45, 7) is 6.16. The van der Waals surface area contributed by atoms with Gasteiger partial charge in [-0.05, 0) is 25.1 Å². The molecule has 5 rings (SSSR count). The zero-order valence-electron chi connectivity index (χ0n) is 17.4. The van der Waals surface area contributed by atoms with Crippen LogP contribution >= 0.6 is 11.6 Å². The Kier molecular flexibility index (Phi) is 5.80. The Morgan fingerprint density at radius 3 is 2.74 bits per heavy atom. The average molecular weight is 440 g/mol. The van der Waals surface area contributed by atoms with Gasteiger partial charge in [-0.25, -0.2) is 0 Å². The molecule has 0 radical (unpaired) electrons. The Labute approximate surface area is 186 Å². The van der Waals surface area contributed by atoms with Crippen LogP contribution < -0.4 is 10.1 Å². The number of H-pyrrole nitrogens is 1. The van der Waals surface area contributed by atoms with Crippen LogP contribution in [-0.4, -0.2) is 71.8 Å². The van der Waals surface area contributed by atoms with E-state index in [1.54, 1.807) is 0 Å². The number of nitrogens with one attached hydrogen (secondary N) is 2. The van der Waals surface area contributed by atoms with Crippen LogP contribution in [0.25, 0.3) is 10.8 Å². The van der Waals surface area contributed by atoms with Crippen molar-refractivity contribution >= 4 is 28.3 Å². The van der Waals surface area contributed by atoms with Crippen molar-refractivity contribution in [2.75, 3.05) is 45.9 Å². The van der Waals surface area contributed by atoms with E-state index in [1.807, 2.05) is 41.3 Å². The van der Waals surface area contributed by atoms with Gasteiger partial charge in [-0.3, -0.25) is 14.8 Å². The number of amides is 1. The van der Waals surface area contributed by atoms with Crippen LogP contribution in [0.3, 0.4) is 0 Å². The molecular weight excluding hydrogens is 414 g/mol. The molecule has 3 heterocycles. The topological polar surface area (TPSA) is 73.5 Å². The number of fused-ring (bicyclic) bond motifs is 2. The molecule has 2 aliphatic heterocycles. The maximum Gasteiger partial charge on any atom is 0.274 e. The van der Waals surface area contributed by atoms with Crippen molar-refractivity contribution in [3.05, 3.63) is 58.4 Å². The molecule has 1 saturated heterocycles. The zero-order chi connectivity index (χ0) is 21.2. The Bertz CT molecular complexity index is 1090. The first-order valence-electron chi connectivity index (χ1n) is 10.8. The van der Waals surface area contributed by atoms with Gasteiger partial charge in [0.05, 0.1) is 5.69 Å². The van der Waals surface area contributed by atoms with Gasteiger partial charge in [0, 0.05) is 60.6 Å².